The number of nitrogen functional groups attached to an aromatic ring is 1. The van der Waals surface area contributed by atoms with E-state index in [0.29, 0.717) is 22.6 Å². The van der Waals surface area contributed by atoms with Crippen LogP contribution in [0.5, 0.6) is 0 Å². The molecule has 2 unspecified atom stereocenters. The van der Waals surface area contributed by atoms with Crippen LogP contribution in [0, 0.1) is 5.92 Å². The van der Waals surface area contributed by atoms with Crippen molar-refractivity contribution in [2.75, 3.05) is 5.73 Å². The summed E-state index contributed by atoms with van der Waals surface area (Å²) >= 11 is 6.32. The second kappa shape index (κ2) is 6.02. The zero-order valence-electron chi connectivity index (χ0n) is 12.2. The van der Waals surface area contributed by atoms with Gasteiger partial charge in [0.1, 0.15) is 0 Å². The summed E-state index contributed by atoms with van der Waals surface area (Å²) in [6.45, 7) is 2.25. The largest absolute Gasteiger partial charge is 0.398 e. The van der Waals surface area contributed by atoms with Gasteiger partial charge < -0.3 is 5.73 Å². The molecule has 0 aliphatic heterocycles. The van der Waals surface area contributed by atoms with Gasteiger partial charge in [0.05, 0.1) is 16.8 Å². The van der Waals surface area contributed by atoms with Crippen molar-refractivity contribution in [3.8, 4) is 11.4 Å². The highest BCUT2D eigenvalue weighted by Crippen LogP contribution is 2.37. The highest BCUT2D eigenvalue weighted by molar-refractivity contribution is 6.35. The van der Waals surface area contributed by atoms with Gasteiger partial charge in [-0.1, -0.05) is 43.9 Å². The Hall–Kier alpha value is -1.62. The van der Waals surface area contributed by atoms with Crippen molar-refractivity contribution in [2.45, 2.75) is 45.1 Å². The van der Waals surface area contributed by atoms with Gasteiger partial charge in [-0.25, -0.2) is 4.68 Å². The fraction of sp³-hybridized carbons (Fsp3) is 0.533. The monoisotopic (exact) mass is 305 g/mol. The SMILES string of the molecule is CCC1CCCC(n2nnnc2-c2cccc(N)c2Cl)C1. The van der Waals surface area contributed by atoms with Crippen LogP contribution in [-0.2, 0) is 0 Å². The lowest BCUT2D eigenvalue weighted by molar-refractivity contribution is 0.246. The van der Waals surface area contributed by atoms with E-state index >= 15 is 0 Å². The Labute approximate surface area is 129 Å². The van der Waals surface area contributed by atoms with E-state index in [1.165, 1.54) is 19.3 Å². The van der Waals surface area contributed by atoms with E-state index in [2.05, 4.69) is 22.4 Å². The molecule has 2 N–H and O–H groups in total. The molecule has 5 nitrogen and oxygen atoms in total. The Morgan fingerprint density at radius 1 is 1.38 bits per heavy atom. The molecule has 6 heteroatoms. The molecule has 0 radical (unpaired) electrons. The minimum absolute atomic E-state index is 0.353. The van der Waals surface area contributed by atoms with Crippen LogP contribution < -0.4 is 5.73 Å². The van der Waals surface area contributed by atoms with Crippen molar-refractivity contribution in [1.82, 2.24) is 20.2 Å². The molecule has 0 bridgehead atoms. The number of rotatable bonds is 3. The van der Waals surface area contributed by atoms with Gasteiger partial charge >= 0.3 is 0 Å². The van der Waals surface area contributed by atoms with Crippen LogP contribution >= 0.6 is 11.6 Å². The van der Waals surface area contributed by atoms with Crippen LogP contribution in [0.15, 0.2) is 18.2 Å². The van der Waals surface area contributed by atoms with E-state index < -0.39 is 0 Å². The summed E-state index contributed by atoms with van der Waals surface area (Å²) in [5, 5.41) is 12.8. The van der Waals surface area contributed by atoms with Crippen LogP contribution in [0.1, 0.15) is 45.1 Å². The molecule has 1 aliphatic rings. The summed E-state index contributed by atoms with van der Waals surface area (Å²) in [7, 11) is 0. The van der Waals surface area contributed by atoms with Crippen molar-refractivity contribution < 1.29 is 0 Å². The Morgan fingerprint density at radius 3 is 3.05 bits per heavy atom. The molecule has 21 heavy (non-hydrogen) atoms. The number of benzene rings is 1. The lowest BCUT2D eigenvalue weighted by Crippen LogP contribution is -2.20. The zero-order valence-corrected chi connectivity index (χ0v) is 12.9. The Balaban J connectivity index is 1.95. The highest BCUT2D eigenvalue weighted by Gasteiger charge is 2.26. The molecule has 1 aliphatic carbocycles. The van der Waals surface area contributed by atoms with Crippen molar-refractivity contribution in [2.24, 2.45) is 5.92 Å². The summed E-state index contributed by atoms with van der Waals surface area (Å²) in [6.07, 6.45) is 6.01. The van der Waals surface area contributed by atoms with E-state index in [4.69, 9.17) is 17.3 Å². The van der Waals surface area contributed by atoms with E-state index in [1.807, 2.05) is 16.8 Å². The molecule has 0 spiro atoms. The van der Waals surface area contributed by atoms with E-state index in [9.17, 15) is 0 Å². The van der Waals surface area contributed by atoms with Crippen molar-refractivity contribution in [3.05, 3.63) is 23.2 Å². The van der Waals surface area contributed by atoms with Crippen LogP contribution in [0.25, 0.3) is 11.4 Å². The Kier molecular flexibility index (Phi) is 4.10. The smallest absolute Gasteiger partial charge is 0.183 e. The predicted octanol–water partition coefficient (Wildman–Crippen LogP) is 3.72. The normalized spacial score (nSPS) is 22.4. The van der Waals surface area contributed by atoms with Crippen molar-refractivity contribution in [3.63, 3.8) is 0 Å². The van der Waals surface area contributed by atoms with E-state index in [0.717, 1.165) is 24.3 Å². The second-order valence-electron chi connectivity index (χ2n) is 5.75. The molecule has 2 aromatic rings. The number of aromatic nitrogens is 4. The first-order valence-corrected chi connectivity index (χ1v) is 7.90. The van der Waals surface area contributed by atoms with Gasteiger partial charge in [-0.2, -0.15) is 0 Å². The predicted molar refractivity (Wildman–Crippen MR) is 84.0 cm³/mol. The van der Waals surface area contributed by atoms with Crippen LogP contribution in [0.3, 0.4) is 0 Å². The molecule has 1 aromatic heterocycles. The first kappa shape index (κ1) is 14.3. The van der Waals surface area contributed by atoms with Gasteiger partial charge in [0.15, 0.2) is 5.82 Å². The molecule has 1 saturated carbocycles. The van der Waals surface area contributed by atoms with Crippen molar-refractivity contribution >= 4 is 17.3 Å². The van der Waals surface area contributed by atoms with Crippen LogP contribution in [-0.4, -0.2) is 20.2 Å². The average molecular weight is 306 g/mol. The number of halogens is 1. The maximum Gasteiger partial charge on any atom is 0.183 e. The number of anilines is 1. The van der Waals surface area contributed by atoms with Gasteiger partial charge in [-0.15, -0.1) is 5.10 Å². The maximum absolute atomic E-state index is 6.32. The third-order valence-electron chi connectivity index (χ3n) is 4.44. The Morgan fingerprint density at radius 2 is 2.24 bits per heavy atom. The number of hydrogen-bond acceptors (Lipinski definition) is 4. The molecule has 0 amide bonds. The first-order valence-electron chi connectivity index (χ1n) is 7.53. The van der Waals surface area contributed by atoms with E-state index in [-0.39, 0.29) is 0 Å². The lowest BCUT2D eigenvalue weighted by atomic mass is 9.84. The fourth-order valence-corrected chi connectivity index (χ4v) is 3.41. The minimum atomic E-state index is 0.353. The van der Waals surface area contributed by atoms with Gasteiger partial charge in [0, 0.05) is 5.56 Å². The number of nitrogens with two attached hydrogens (primary N) is 1. The standard InChI is InChI=1S/C15H20ClN5/c1-2-10-5-3-6-11(9-10)21-15(18-19-20-21)12-7-4-8-13(17)14(12)16/h4,7-8,10-11H,2-3,5-6,9,17H2,1H3. The van der Waals surface area contributed by atoms with Crippen molar-refractivity contribution in [1.29, 1.82) is 0 Å². The third-order valence-corrected chi connectivity index (χ3v) is 4.86. The number of hydrogen-bond donors (Lipinski definition) is 1. The molecule has 1 aromatic carbocycles. The van der Waals surface area contributed by atoms with Gasteiger partial charge in [-0.3, -0.25) is 0 Å². The summed E-state index contributed by atoms with van der Waals surface area (Å²) in [5.74, 6) is 1.48. The molecular weight excluding hydrogens is 286 g/mol. The number of nitrogens with zero attached hydrogens (tertiary/aromatic N) is 4. The summed E-state index contributed by atoms with van der Waals surface area (Å²) in [5.41, 5.74) is 7.25. The average Bonchev–Trinajstić information content (AvgIpc) is 2.99. The second-order valence-corrected chi connectivity index (χ2v) is 6.13. The third kappa shape index (κ3) is 2.75. The summed E-state index contributed by atoms with van der Waals surface area (Å²) < 4.78 is 1.93. The highest BCUT2D eigenvalue weighted by atomic mass is 35.5. The van der Waals surface area contributed by atoms with Gasteiger partial charge in [-0.05, 0) is 41.3 Å². The van der Waals surface area contributed by atoms with Crippen LogP contribution in [0.2, 0.25) is 5.02 Å². The summed E-state index contributed by atoms with van der Waals surface area (Å²) in [6, 6.07) is 5.94. The minimum Gasteiger partial charge on any atom is -0.398 e. The zero-order chi connectivity index (χ0) is 14.8. The maximum atomic E-state index is 6.32. The first-order chi connectivity index (χ1) is 10.2. The molecule has 3 rings (SSSR count). The molecule has 1 heterocycles. The molecule has 1 fully saturated rings. The van der Waals surface area contributed by atoms with E-state index in [1.54, 1.807) is 6.07 Å². The van der Waals surface area contributed by atoms with Gasteiger partial charge in [0.2, 0.25) is 0 Å². The molecule has 0 saturated heterocycles. The topological polar surface area (TPSA) is 69.6 Å². The Bertz CT molecular complexity index is 624. The fourth-order valence-electron chi connectivity index (χ4n) is 3.19. The number of tetrazole rings is 1. The van der Waals surface area contributed by atoms with Crippen LogP contribution in [0.4, 0.5) is 5.69 Å². The van der Waals surface area contributed by atoms with Gasteiger partial charge in [0.25, 0.3) is 0 Å². The quantitative estimate of drug-likeness (QED) is 0.877. The summed E-state index contributed by atoms with van der Waals surface area (Å²) in [4.78, 5) is 0. The lowest BCUT2D eigenvalue weighted by Gasteiger charge is -2.28. The molecule has 112 valence electrons. The molecular formula is C15H20ClN5. The molecule has 2 atom stereocenters.